The van der Waals surface area contributed by atoms with Crippen LogP contribution in [0.1, 0.15) is 39.7 Å². The number of fused-ring (bicyclic) bond motifs is 1. The number of nitroso groups, excluding NO2 is 1. The maximum Gasteiger partial charge on any atom is 0.350 e. The Balaban J connectivity index is 0.000000806. The number of ether oxygens (including phenoxy) is 1. The van der Waals surface area contributed by atoms with Crippen LogP contribution in [0.25, 0.3) is 10.9 Å². The Morgan fingerprint density at radius 2 is 1.90 bits per heavy atom. The molecule has 1 aliphatic carbocycles. The van der Waals surface area contributed by atoms with E-state index in [1.54, 1.807) is 0 Å². The highest BCUT2D eigenvalue weighted by atomic mass is 19.1. The van der Waals surface area contributed by atoms with Crippen LogP contribution >= 0.6 is 0 Å². The minimum Gasteiger partial charge on any atom is -0.492 e. The SMILES string of the molecule is CN=O.COc1c(N2CC(C)C(C)(C)C2)c(F)cc2c(=O)n(N)c(=O)n(C3CC3)c12. The van der Waals surface area contributed by atoms with Crippen LogP contribution in [0.5, 0.6) is 5.75 Å². The van der Waals surface area contributed by atoms with E-state index in [1.807, 2.05) is 4.90 Å². The third-order valence-corrected chi connectivity index (χ3v) is 6.14. The van der Waals surface area contributed by atoms with Gasteiger partial charge in [0.05, 0.1) is 19.5 Å². The fourth-order valence-corrected chi connectivity index (χ4v) is 4.06. The monoisotopic (exact) mass is 421 g/mol. The van der Waals surface area contributed by atoms with Gasteiger partial charge < -0.3 is 15.5 Å². The van der Waals surface area contributed by atoms with Crippen LogP contribution in [0.15, 0.2) is 20.8 Å². The first-order chi connectivity index (χ1) is 14.1. The fraction of sp³-hybridized carbons (Fsp3) is 0.600. The van der Waals surface area contributed by atoms with Crippen molar-refractivity contribution in [2.75, 3.05) is 38.0 Å². The number of hydrogen-bond donors (Lipinski definition) is 1. The van der Waals surface area contributed by atoms with Crippen molar-refractivity contribution in [1.82, 2.24) is 9.24 Å². The highest BCUT2D eigenvalue weighted by molar-refractivity contribution is 5.91. The summed E-state index contributed by atoms with van der Waals surface area (Å²) in [6.07, 6.45) is 1.63. The minimum absolute atomic E-state index is 0.0171. The molecule has 2 fully saturated rings. The van der Waals surface area contributed by atoms with Gasteiger partial charge in [0.1, 0.15) is 11.2 Å². The van der Waals surface area contributed by atoms with Crippen molar-refractivity contribution in [1.29, 1.82) is 0 Å². The van der Waals surface area contributed by atoms with E-state index in [1.165, 1.54) is 24.8 Å². The van der Waals surface area contributed by atoms with Gasteiger partial charge in [0.2, 0.25) is 0 Å². The lowest BCUT2D eigenvalue weighted by Crippen LogP contribution is -2.44. The minimum atomic E-state index is -0.717. The number of rotatable bonds is 3. The third-order valence-electron chi connectivity index (χ3n) is 6.14. The summed E-state index contributed by atoms with van der Waals surface area (Å²) >= 11 is 0. The first-order valence-corrected chi connectivity index (χ1v) is 9.88. The molecule has 2 heterocycles. The number of aromatic nitrogens is 2. The van der Waals surface area contributed by atoms with E-state index >= 15 is 4.39 Å². The maximum absolute atomic E-state index is 15.2. The fourth-order valence-electron chi connectivity index (χ4n) is 4.06. The van der Waals surface area contributed by atoms with Crippen LogP contribution in [0.3, 0.4) is 0 Å². The zero-order valence-electron chi connectivity index (χ0n) is 17.9. The highest BCUT2D eigenvalue weighted by Crippen LogP contribution is 2.45. The van der Waals surface area contributed by atoms with E-state index in [0.717, 1.165) is 12.8 Å². The van der Waals surface area contributed by atoms with Crippen LogP contribution in [-0.2, 0) is 0 Å². The van der Waals surface area contributed by atoms with Crippen molar-refractivity contribution in [3.8, 4) is 5.75 Å². The summed E-state index contributed by atoms with van der Waals surface area (Å²) in [6, 6.07) is 1.14. The molecule has 164 valence electrons. The van der Waals surface area contributed by atoms with Gasteiger partial charge in [0.15, 0.2) is 11.6 Å². The molecule has 1 aromatic carbocycles. The number of nitrogen functional groups attached to an aromatic ring is 1. The average molecular weight is 421 g/mol. The van der Waals surface area contributed by atoms with E-state index in [-0.39, 0.29) is 22.6 Å². The zero-order valence-corrected chi connectivity index (χ0v) is 17.9. The van der Waals surface area contributed by atoms with Crippen molar-refractivity contribution >= 4 is 16.6 Å². The summed E-state index contributed by atoms with van der Waals surface area (Å²) in [5.74, 6) is 5.72. The van der Waals surface area contributed by atoms with Crippen molar-refractivity contribution in [2.24, 2.45) is 16.5 Å². The van der Waals surface area contributed by atoms with Gasteiger partial charge in [0.25, 0.3) is 5.56 Å². The largest absolute Gasteiger partial charge is 0.492 e. The molecule has 1 saturated heterocycles. The number of anilines is 1. The average Bonchev–Trinajstić information content (AvgIpc) is 3.47. The van der Waals surface area contributed by atoms with Crippen LogP contribution in [0, 0.1) is 22.1 Å². The van der Waals surface area contributed by atoms with Gasteiger partial charge in [-0.25, -0.2) is 9.18 Å². The molecular formula is C20H28FN5O4. The Morgan fingerprint density at radius 1 is 1.30 bits per heavy atom. The van der Waals surface area contributed by atoms with Crippen molar-refractivity contribution in [3.63, 3.8) is 0 Å². The predicted octanol–water partition coefficient (Wildman–Crippen LogP) is 2.22. The molecule has 1 unspecified atom stereocenters. The number of nitrogens with zero attached hydrogens (tertiary/aromatic N) is 4. The normalized spacial score (nSPS) is 20.1. The lowest BCUT2D eigenvalue weighted by atomic mass is 9.84. The summed E-state index contributed by atoms with van der Waals surface area (Å²) in [5, 5.41) is 2.31. The number of methoxy groups -OCH3 is 1. The van der Waals surface area contributed by atoms with Gasteiger partial charge in [-0.1, -0.05) is 25.9 Å². The van der Waals surface area contributed by atoms with Gasteiger partial charge in [-0.2, -0.15) is 9.58 Å². The molecule has 4 rings (SSSR count). The molecule has 10 heteroatoms. The van der Waals surface area contributed by atoms with Crippen LogP contribution in [0.2, 0.25) is 0 Å². The second-order valence-corrected chi connectivity index (χ2v) is 8.65. The van der Waals surface area contributed by atoms with Gasteiger partial charge in [0, 0.05) is 19.1 Å². The first-order valence-electron chi connectivity index (χ1n) is 9.88. The molecular weight excluding hydrogens is 393 g/mol. The highest BCUT2D eigenvalue weighted by Gasteiger charge is 2.39. The molecule has 1 atom stereocenters. The molecule has 9 nitrogen and oxygen atoms in total. The van der Waals surface area contributed by atoms with Crippen LogP contribution in [-0.4, -0.2) is 36.5 Å². The summed E-state index contributed by atoms with van der Waals surface area (Å²) in [4.78, 5) is 35.7. The molecule has 2 aromatic rings. The van der Waals surface area contributed by atoms with E-state index < -0.39 is 17.1 Å². The van der Waals surface area contributed by atoms with Gasteiger partial charge in [-0.05, 0) is 30.2 Å². The molecule has 0 amide bonds. The molecule has 1 aliphatic heterocycles. The van der Waals surface area contributed by atoms with Gasteiger partial charge in [-0.15, -0.1) is 0 Å². The quantitative estimate of drug-likeness (QED) is 0.601. The maximum atomic E-state index is 15.2. The second-order valence-electron chi connectivity index (χ2n) is 8.65. The van der Waals surface area contributed by atoms with E-state index in [2.05, 4.69) is 25.9 Å². The standard InChI is InChI=1S/C19H25FN4O3.CH3NO/c1-10-8-22(9-19(10,2)3)15-13(20)7-12-14(16(15)27-4)23(11-5-6-11)18(26)24(21)17(12)25;1-2-3/h7,10-11H,5-6,8-9,21H2,1-4H3;1H3. The Bertz CT molecular complexity index is 1100. The van der Waals surface area contributed by atoms with Crippen LogP contribution in [0.4, 0.5) is 10.1 Å². The molecule has 0 spiro atoms. The van der Waals surface area contributed by atoms with Crippen molar-refractivity contribution in [2.45, 2.75) is 39.7 Å². The summed E-state index contributed by atoms with van der Waals surface area (Å²) < 4.78 is 22.8. The molecule has 1 aromatic heterocycles. The van der Waals surface area contributed by atoms with Crippen LogP contribution < -0.4 is 26.7 Å². The van der Waals surface area contributed by atoms with Gasteiger partial charge in [-0.3, -0.25) is 9.36 Å². The lowest BCUT2D eigenvalue weighted by molar-refractivity contribution is 0.312. The van der Waals surface area contributed by atoms with Gasteiger partial charge >= 0.3 is 5.69 Å². The summed E-state index contributed by atoms with van der Waals surface area (Å²) in [5.41, 5.74) is -0.647. The molecule has 30 heavy (non-hydrogen) atoms. The van der Waals surface area contributed by atoms with E-state index in [9.17, 15) is 9.59 Å². The van der Waals surface area contributed by atoms with Crippen molar-refractivity contribution in [3.05, 3.63) is 37.6 Å². The second kappa shape index (κ2) is 7.73. The van der Waals surface area contributed by atoms with E-state index in [4.69, 9.17) is 15.5 Å². The molecule has 1 saturated carbocycles. The number of nitrogens with two attached hydrogens (primary N) is 1. The van der Waals surface area contributed by atoms with Crippen molar-refractivity contribution < 1.29 is 9.13 Å². The zero-order chi connectivity index (χ0) is 22.4. The molecule has 0 bridgehead atoms. The third kappa shape index (κ3) is 3.44. The summed E-state index contributed by atoms with van der Waals surface area (Å²) in [7, 11) is 2.64. The number of halogens is 1. The first kappa shape index (κ1) is 21.8. The lowest BCUT2D eigenvalue weighted by Gasteiger charge is -2.26. The van der Waals surface area contributed by atoms with E-state index in [0.29, 0.717) is 34.9 Å². The number of hydrogen-bond acceptors (Lipinski definition) is 7. The predicted molar refractivity (Wildman–Crippen MR) is 114 cm³/mol. The summed E-state index contributed by atoms with van der Waals surface area (Å²) in [6.45, 7) is 7.77. The smallest absolute Gasteiger partial charge is 0.350 e. The molecule has 2 N–H and O–H groups in total. The Labute approximate surface area is 173 Å². The molecule has 2 aliphatic rings. The Morgan fingerprint density at radius 3 is 2.37 bits per heavy atom. The Kier molecular flexibility index (Phi) is 5.62. The topological polar surface area (TPSA) is 112 Å². The molecule has 0 radical (unpaired) electrons. The Hall–Kier alpha value is -2.91. The number of benzene rings is 1.